The molecule has 0 saturated heterocycles. The molecule has 0 spiro atoms. The number of carbonyl (C=O) groups is 2. The molecule has 0 aliphatic heterocycles. The van der Waals surface area contributed by atoms with Crippen LogP contribution in [0.5, 0.6) is 0 Å². The van der Waals surface area contributed by atoms with Gasteiger partial charge < -0.3 is 21.1 Å². The summed E-state index contributed by atoms with van der Waals surface area (Å²) in [5, 5.41) is 13.7. The monoisotopic (exact) mass is 475 g/mol. The van der Waals surface area contributed by atoms with Gasteiger partial charge in [-0.25, -0.2) is 8.78 Å². The third kappa shape index (κ3) is 7.60. The van der Waals surface area contributed by atoms with E-state index in [4.69, 9.17) is 5.73 Å². The van der Waals surface area contributed by atoms with E-state index in [0.29, 0.717) is 36.2 Å². The van der Waals surface area contributed by atoms with Crippen molar-refractivity contribution in [3.63, 3.8) is 0 Å². The summed E-state index contributed by atoms with van der Waals surface area (Å²) in [6, 6.07) is 7.36. The van der Waals surface area contributed by atoms with E-state index in [1.165, 1.54) is 23.1 Å². The molecule has 2 atom stereocenters. The summed E-state index contributed by atoms with van der Waals surface area (Å²) in [6.45, 7) is 6.67. The molecule has 34 heavy (non-hydrogen) atoms. The molecule has 186 valence electrons. The fourth-order valence-electron chi connectivity index (χ4n) is 3.99. The van der Waals surface area contributed by atoms with Gasteiger partial charge in [-0.2, -0.15) is 0 Å². The van der Waals surface area contributed by atoms with Crippen LogP contribution in [0, 0.1) is 18.6 Å². The molecule has 0 aliphatic carbocycles. The molecular formula is C26H35F2N3O3. The average Bonchev–Trinajstić information content (AvgIpc) is 2.78. The Morgan fingerprint density at radius 1 is 1.03 bits per heavy atom. The number of rotatable bonds is 12. The molecule has 2 amide bonds. The highest BCUT2D eigenvalue weighted by Gasteiger charge is 2.30. The predicted octanol–water partition coefficient (Wildman–Crippen LogP) is 3.59. The highest BCUT2D eigenvalue weighted by atomic mass is 19.1. The SMILES string of the molecule is CCCNC(=O)c1cc(C)cc(C(=O)N(CCC)C(Cc2cc(F)cc(F)c2)C(O)CCN)c1. The number of nitrogens with one attached hydrogen (secondary N) is 1. The highest BCUT2D eigenvalue weighted by molar-refractivity contribution is 6.00. The fourth-order valence-corrected chi connectivity index (χ4v) is 3.99. The quantitative estimate of drug-likeness (QED) is 0.437. The Morgan fingerprint density at radius 2 is 1.68 bits per heavy atom. The van der Waals surface area contributed by atoms with Crippen LogP contribution in [0.25, 0.3) is 0 Å². The van der Waals surface area contributed by atoms with Crippen molar-refractivity contribution in [3.05, 3.63) is 70.3 Å². The zero-order chi connectivity index (χ0) is 25.3. The van der Waals surface area contributed by atoms with Crippen molar-refractivity contribution >= 4 is 11.8 Å². The Labute approximate surface area is 200 Å². The van der Waals surface area contributed by atoms with Gasteiger partial charge in [0.2, 0.25) is 0 Å². The lowest BCUT2D eigenvalue weighted by Gasteiger charge is -2.35. The highest BCUT2D eigenvalue weighted by Crippen LogP contribution is 2.21. The number of nitrogens with zero attached hydrogens (tertiary/aromatic N) is 1. The second-order valence-corrected chi connectivity index (χ2v) is 8.54. The molecule has 6 nitrogen and oxygen atoms in total. The van der Waals surface area contributed by atoms with Crippen LogP contribution in [0.3, 0.4) is 0 Å². The maximum absolute atomic E-state index is 13.8. The number of nitrogens with two attached hydrogens (primary N) is 1. The molecule has 2 rings (SSSR count). The molecule has 0 bridgehead atoms. The zero-order valence-electron chi connectivity index (χ0n) is 20.1. The largest absolute Gasteiger partial charge is 0.391 e. The van der Waals surface area contributed by atoms with Crippen molar-refractivity contribution in [1.29, 1.82) is 0 Å². The standard InChI is InChI=1S/C26H35F2N3O3/c1-4-8-30-25(33)19-10-17(3)11-20(15-19)26(34)31(9-5-2)23(24(32)6-7-29)14-18-12-21(27)16-22(28)13-18/h10-13,15-16,23-24,32H,4-9,14,29H2,1-3H3,(H,30,33). The second kappa shape index (κ2) is 13.2. The first-order valence-corrected chi connectivity index (χ1v) is 11.7. The van der Waals surface area contributed by atoms with Crippen LogP contribution in [-0.2, 0) is 6.42 Å². The number of aliphatic hydroxyl groups excluding tert-OH is 1. The minimum atomic E-state index is -0.996. The molecular weight excluding hydrogens is 440 g/mol. The molecule has 0 fully saturated rings. The fraction of sp³-hybridized carbons (Fsp3) is 0.462. The van der Waals surface area contributed by atoms with Crippen molar-refractivity contribution < 1.29 is 23.5 Å². The third-order valence-electron chi connectivity index (χ3n) is 5.52. The normalized spacial score (nSPS) is 12.8. The maximum atomic E-state index is 13.8. The predicted molar refractivity (Wildman–Crippen MR) is 129 cm³/mol. The Bertz CT molecular complexity index is 964. The zero-order valence-corrected chi connectivity index (χ0v) is 20.1. The summed E-state index contributed by atoms with van der Waals surface area (Å²) >= 11 is 0. The summed E-state index contributed by atoms with van der Waals surface area (Å²) in [4.78, 5) is 27.7. The van der Waals surface area contributed by atoms with Crippen LogP contribution in [0.4, 0.5) is 8.78 Å². The Hall–Kier alpha value is -2.84. The molecule has 4 N–H and O–H groups in total. The lowest BCUT2D eigenvalue weighted by molar-refractivity contribution is 0.0333. The average molecular weight is 476 g/mol. The number of halogens is 2. The van der Waals surface area contributed by atoms with Crippen LogP contribution < -0.4 is 11.1 Å². The summed E-state index contributed by atoms with van der Waals surface area (Å²) in [6.07, 6.45) is 0.662. The Morgan fingerprint density at radius 3 is 2.26 bits per heavy atom. The number of aliphatic hydroxyl groups is 1. The van der Waals surface area contributed by atoms with E-state index in [1.807, 2.05) is 13.8 Å². The van der Waals surface area contributed by atoms with Gasteiger partial charge in [-0.3, -0.25) is 9.59 Å². The van der Waals surface area contributed by atoms with E-state index in [9.17, 15) is 23.5 Å². The van der Waals surface area contributed by atoms with Crippen molar-refractivity contribution in [2.75, 3.05) is 19.6 Å². The Balaban J connectivity index is 2.45. The van der Waals surface area contributed by atoms with Crippen molar-refractivity contribution in [3.8, 4) is 0 Å². The molecule has 0 aliphatic rings. The van der Waals surface area contributed by atoms with Gasteiger partial charge in [0, 0.05) is 30.3 Å². The number of carbonyl (C=O) groups excluding carboxylic acids is 2. The van der Waals surface area contributed by atoms with E-state index in [1.54, 1.807) is 19.1 Å². The van der Waals surface area contributed by atoms with Gasteiger partial charge in [-0.05, 0) is 80.6 Å². The lowest BCUT2D eigenvalue weighted by Crippen LogP contribution is -2.49. The summed E-state index contributed by atoms with van der Waals surface area (Å²) in [5.74, 6) is -2.08. The number of benzene rings is 2. The van der Waals surface area contributed by atoms with Gasteiger partial charge in [-0.1, -0.05) is 13.8 Å². The van der Waals surface area contributed by atoms with E-state index in [0.717, 1.165) is 18.1 Å². The van der Waals surface area contributed by atoms with Gasteiger partial charge in [0.25, 0.3) is 11.8 Å². The van der Waals surface area contributed by atoms with Crippen LogP contribution in [0.1, 0.15) is 65.0 Å². The summed E-state index contributed by atoms with van der Waals surface area (Å²) < 4.78 is 27.6. The van der Waals surface area contributed by atoms with Crippen molar-refractivity contribution in [1.82, 2.24) is 10.2 Å². The van der Waals surface area contributed by atoms with E-state index in [-0.39, 0.29) is 31.2 Å². The van der Waals surface area contributed by atoms with Gasteiger partial charge in [0.1, 0.15) is 11.6 Å². The molecule has 0 saturated carbocycles. The van der Waals surface area contributed by atoms with Gasteiger partial charge >= 0.3 is 0 Å². The molecule has 0 heterocycles. The molecule has 0 aromatic heterocycles. The van der Waals surface area contributed by atoms with Crippen molar-refractivity contribution in [2.45, 2.75) is 58.6 Å². The molecule has 0 radical (unpaired) electrons. The first-order valence-electron chi connectivity index (χ1n) is 11.7. The van der Waals surface area contributed by atoms with E-state index in [2.05, 4.69) is 5.32 Å². The summed E-state index contributed by atoms with van der Waals surface area (Å²) in [7, 11) is 0. The number of hydrogen-bond acceptors (Lipinski definition) is 4. The van der Waals surface area contributed by atoms with Crippen LogP contribution in [0.2, 0.25) is 0 Å². The van der Waals surface area contributed by atoms with Gasteiger partial charge in [0.05, 0.1) is 12.1 Å². The van der Waals surface area contributed by atoms with Crippen molar-refractivity contribution in [2.24, 2.45) is 5.73 Å². The third-order valence-corrected chi connectivity index (χ3v) is 5.52. The second-order valence-electron chi connectivity index (χ2n) is 8.54. The molecule has 8 heteroatoms. The van der Waals surface area contributed by atoms with Crippen LogP contribution in [0.15, 0.2) is 36.4 Å². The first-order chi connectivity index (χ1) is 16.2. The molecule has 2 aromatic rings. The number of hydrogen-bond donors (Lipinski definition) is 3. The number of aryl methyl sites for hydroxylation is 1. The number of amides is 2. The van der Waals surface area contributed by atoms with E-state index >= 15 is 0 Å². The molecule has 2 aromatic carbocycles. The molecule has 2 unspecified atom stereocenters. The first kappa shape index (κ1) is 27.4. The summed E-state index contributed by atoms with van der Waals surface area (Å²) in [5.41, 5.74) is 7.42. The van der Waals surface area contributed by atoms with Crippen LogP contribution in [-0.4, -0.2) is 53.6 Å². The van der Waals surface area contributed by atoms with Gasteiger partial charge in [-0.15, -0.1) is 0 Å². The van der Waals surface area contributed by atoms with Crippen LogP contribution >= 0.6 is 0 Å². The van der Waals surface area contributed by atoms with Gasteiger partial charge in [0.15, 0.2) is 0 Å². The van der Waals surface area contributed by atoms with E-state index < -0.39 is 23.8 Å². The minimum absolute atomic E-state index is 0.0528. The Kier molecular flexibility index (Phi) is 10.6. The topological polar surface area (TPSA) is 95.7 Å². The maximum Gasteiger partial charge on any atom is 0.254 e. The lowest BCUT2D eigenvalue weighted by atomic mass is 9.95. The smallest absolute Gasteiger partial charge is 0.254 e. The minimum Gasteiger partial charge on any atom is -0.391 e.